The van der Waals surface area contributed by atoms with Crippen LogP contribution in [0, 0.1) is 0 Å². The number of sulfonamides is 1. The zero-order chi connectivity index (χ0) is 30.0. The number of nitrogens with two attached hydrogens (primary N) is 1. The van der Waals surface area contributed by atoms with E-state index < -0.39 is 21.9 Å². The van der Waals surface area contributed by atoms with Crippen molar-refractivity contribution in [1.29, 1.82) is 0 Å². The molecular formula is C30H35N5O6S. The summed E-state index contributed by atoms with van der Waals surface area (Å²) >= 11 is 0. The van der Waals surface area contributed by atoms with Crippen LogP contribution in [-0.2, 0) is 34.8 Å². The topological polar surface area (TPSA) is 150 Å². The van der Waals surface area contributed by atoms with Crippen LogP contribution in [0.4, 0.5) is 0 Å². The summed E-state index contributed by atoms with van der Waals surface area (Å²) in [5, 5.41) is 18.1. The number of nitrogens with zero attached hydrogens (tertiary/aromatic N) is 4. The molecule has 0 spiro atoms. The summed E-state index contributed by atoms with van der Waals surface area (Å²) in [5.41, 5.74) is 10.1. The smallest absolute Gasteiger partial charge is 0.304 e. The van der Waals surface area contributed by atoms with Gasteiger partial charge in [0.25, 0.3) is 0 Å². The Balaban J connectivity index is 1.48. The van der Waals surface area contributed by atoms with Crippen LogP contribution in [-0.4, -0.2) is 65.1 Å². The number of hydrogen-bond acceptors (Lipinski definition) is 8. The minimum Gasteiger partial charge on any atom is -0.494 e. The van der Waals surface area contributed by atoms with E-state index in [-0.39, 0.29) is 30.5 Å². The molecule has 0 amide bonds. The van der Waals surface area contributed by atoms with E-state index in [0.717, 1.165) is 29.5 Å². The number of carbonyl (C=O) groups is 1. The van der Waals surface area contributed by atoms with E-state index in [1.165, 1.54) is 4.31 Å². The standard InChI is InChI=1S/C30H35N5O6S/c1-19-17-35(42(38,39)28-10-9-20(7-5-11-31)13-26(28)41-19)18-21-6-4-8-22(12-21)24(16-29(36)37)23-14-25-30(27(15-23)40-3)34(2)33-32-25/h4,6,8-10,12-15,19,24H,5,7,11,16-18,31H2,1-3H3,(H,36,37)/t19-,24?/m1/s1. The van der Waals surface area contributed by atoms with Crippen molar-refractivity contribution in [2.24, 2.45) is 12.8 Å². The number of methoxy groups -OCH3 is 1. The number of carboxylic acids is 1. The molecule has 4 aromatic rings. The van der Waals surface area contributed by atoms with Gasteiger partial charge in [0, 0.05) is 19.5 Å². The Kier molecular flexibility index (Phi) is 8.48. The molecule has 222 valence electrons. The number of aromatic nitrogens is 3. The van der Waals surface area contributed by atoms with Crippen LogP contribution in [0.25, 0.3) is 11.0 Å². The van der Waals surface area contributed by atoms with Gasteiger partial charge in [0.1, 0.15) is 33.5 Å². The molecule has 2 heterocycles. The largest absolute Gasteiger partial charge is 0.494 e. The summed E-state index contributed by atoms with van der Waals surface area (Å²) in [4.78, 5) is 12.1. The van der Waals surface area contributed by atoms with Crippen molar-refractivity contribution in [2.75, 3.05) is 20.2 Å². The molecule has 1 aliphatic heterocycles. The number of ether oxygens (including phenoxy) is 2. The average Bonchev–Trinajstić information content (AvgIpc) is 3.30. The van der Waals surface area contributed by atoms with Crippen molar-refractivity contribution in [3.05, 3.63) is 76.9 Å². The molecule has 5 rings (SSSR count). The van der Waals surface area contributed by atoms with E-state index in [2.05, 4.69) is 10.3 Å². The highest BCUT2D eigenvalue weighted by molar-refractivity contribution is 7.89. The summed E-state index contributed by atoms with van der Waals surface area (Å²) in [7, 11) is -0.560. The molecule has 3 aromatic carbocycles. The van der Waals surface area contributed by atoms with Gasteiger partial charge in [0.15, 0.2) is 0 Å². The Hall–Kier alpha value is -4.00. The van der Waals surface area contributed by atoms with Gasteiger partial charge < -0.3 is 20.3 Å². The maximum atomic E-state index is 13.8. The molecule has 0 saturated heterocycles. The van der Waals surface area contributed by atoms with Crippen molar-refractivity contribution in [2.45, 2.75) is 49.6 Å². The SMILES string of the molecule is COc1cc(C(CC(=O)O)c2cccc(CN3C[C@@H](C)Oc4cc(CCCN)ccc4S3(=O)=O)c2)cc2nnn(C)c12. The normalized spacial score (nSPS) is 17.3. The van der Waals surface area contributed by atoms with Gasteiger partial charge in [-0.3, -0.25) is 4.79 Å². The first-order valence-corrected chi connectivity index (χ1v) is 15.2. The van der Waals surface area contributed by atoms with E-state index in [9.17, 15) is 18.3 Å². The van der Waals surface area contributed by atoms with E-state index >= 15 is 0 Å². The van der Waals surface area contributed by atoms with Crippen LogP contribution >= 0.6 is 0 Å². The van der Waals surface area contributed by atoms with Crippen molar-refractivity contribution < 1.29 is 27.8 Å². The van der Waals surface area contributed by atoms with Gasteiger partial charge in [-0.05, 0) is 72.8 Å². The molecule has 42 heavy (non-hydrogen) atoms. The summed E-state index contributed by atoms with van der Waals surface area (Å²) in [6.07, 6.45) is 0.988. The van der Waals surface area contributed by atoms with Gasteiger partial charge in [-0.2, -0.15) is 4.31 Å². The quantitative estimate of drug-likeness (QED) is 0.282. The lowest BCUT2D eigenvalue weighted by Gasteiger charge is -2.23. The third-order valence-electron chi connectivity index (χ3n) is 7.49. The second kappa shape index (κ2) is 12.1. The molecule has 0 radical (unpaired) electrons. The lowest BCUT2D eigenvalue weighted by molar-refractivity contribution is -0.137. The van der Waals surface area contributed by atoms with Crippen LogP contribution in [0.3, 0.4) is 0 Å². The molecule has 2 atom stereocenters. The monoisotopic (exact) mass is 593 g/mol. The zero-order valence-electron chi connectivity index (χ0n) is 23.9. The van der Waals surface area contributed by atoms with Crippen molar-refractivity contribution >= 4 is 27.0 Å². The van der Waals surface area contributed by atoms with Gasteiger partial charge in [-0.15, -0.1) is 5.10 Å². The zero-order valence-corrected chi connectivity index (χ0v) is 24.7. The third kappa shape index (κ3) is 5.96. The van der Waals surface area contributed by atoms with Crippen LogP contribution in [0.1, 0.15) is 47.9 Å². The highest BCUT2D eigenvalue weighted by Gasteiger charge is 2.34. The van der Waals surface area contributed by atoms with Crippen LogP contribution in [0.5, 0.6) is 11.5 Å². The first kappa shape index (κ1) is 29.5. The second-order valence-electron chi connectivity index (χ2n) is 10.6. The van der Waals surface area contributed by atoms with Gasteiger partial charge >= 0.3 is 5.97 Å². The van der Waals surface area contributed by atoms with Gasteiger partial charge in [0.2, 0.25) is 10.0 Å². The molecule has 0 saturated carbocycles. The molecule has 0 fully saturated rings. The van der Waals surface area contributed by atoms with Crippen molar-refractivity contribution in [1.82, 2.24) is 19.3 Å². The van der Waals surface area contributed by atoms with Gasteiger partial charge in [-0.25, -0.2) is 13.1 Å². The Morgan fingerprint density at radius 3 is 2.71 bits per heavy atom. The number of carboxylic acid groups (broad SMARTS) is 1. The Morgan fingerprint density at radius 2 is 1.98 bits per heavy atom. The van der Waals surface area contributed by atoms with Crippen LogP contribution in [0.15, 0.2) is 59.5 Å². The van der Waals surface area contributed by atoms with Crippen LogP contribution in [0.2, 0.25) is 0 Å². The Bertz CT molecular complexity index is 1720. The fraction of sp³-hybridized carbons (Fsp3) is 0.367. The number of hydrogen-bond donors (Lipinski definition) is 2. The Morgan fingerprint density at radius 1 is 1.17 bits per heavy atom. The van der Waals surface area contributed by atoms with Crippen LogP contribution < -0.4 is 15.2 Å². The molecule has 0 aliphatic carbocycles. The lowest BCUT2D eigenvalue weighted by Crippen LogP contribution is -2.35. The summed E-state index contributed by atoms with van der Waals surface area (Å²) in [6.45, 7) is 2.66. The molecule has 0 bridgehead atoms. The highest BCUT2D eigenvalue weighted by atomic mass is 32.2. The first-order valence-electron chi connectivity index (χ1n) is 13.8. The molecular weight excluding hydrogens is 558 g/mol. The van der Waals surface area contributed by atoms with E-state index in [1.807, 2.05) is 49.4 Å². The number of rotatable bonds is 10. The summed E-state index contributed by atoms with van der Waals surface area (Å²) in [5.74, 6) is -0.607. The van der Waals surface area contributed by atoms with E-state index in [1.54, 1.807) is 31.0 Å². The molecule has 1 aliphatic rings. The number of fused-ring (bicyclic) bond motifs is 2. The molecule has 1 unspecified atom stereocenters. The van der Waals surface area contributed by atoms with Crippen molar-refractivity contribution in [3.63, 3.8) is 0 Å². The maximum Gasteiger partial charge on any atom is 0.304 e. The van der Waals surface area contributed by atoms with Crippen molar-refractivity contribution in [3.8, 4) is 11.5 Å². The van der Waals surface area contributed by atoms with E-state index in [0.29, 0.717) is 34.6 Å². The van der Waals surface area contributed by atoms with Gasteiger partial charge in [-0.1, -0.05) is 35.5 Å². The van der Waals surface area contributed by atoms with Gasteiger partial charge in [0.05, 0.1) is 20.1 Å². The number of aryl methyl sites for hydroxylation is 2. The highest BCUT2D eigenvalue weighted by Crippen LogP contribution is 2.36. The third-order valence-corrected chi connectivity index (χ3v) is 9.34. The fourth-order valence-corrected chi connectivity index (χ4v) is 7.10. The first-order chi connectivity index (χ1) is 20.1. The number of benzene rings is 3. The second-order valence-corrected chi connectivity index (χ2v) is 12.5. The Labute approximate surface area is 244 Å². The fourth-order valence-electron chi connectivity index (χ4n) is 5.49. The summed E-state index contributed by atoms with van der Waals surface area (Å²) in [6, 6.07) is 16.2. The predicted molar refractivity (Wildman–Crippen MR) is 157 cm³/mol. The number of aliphatic carboxylic acids is 1. The molecule has 12 heteroatoms. The molecule has 11 nitrogen and oxygen atoms in total. The lowest BCUT2D eigenvalue weighted by atomic mass is 9.87. The minimum atomic E-state index is -3.87. The van der Waals surface area contributed by atoms with E-state index in [4.69, 9.17) is 15.2 Å². The molecule has 3 N–H and O–H groups in total. The minimum absolute atomic E-state index is 0.102. The predicted octanol–water partition coefficient (Wildman–Crippen LogP) is 3.45. The maximum absolute atomic E-state index is 13.8. The average molecular weight is 594 g/mol. The summed E-state index contributed by atoms with van der Waals surface area (Å²) < 4.78 is 42.3. The molecule has 1 aromatic heterocycles.